The summed E-state index contributed by atoms with van der Waals surface area (Å²) < 4.78 is 98.6. The van der Waals surface area contributed by atoms with Gasteiger partial charge in [0.15, 0.2) is 0 Å². The summed E-state index contributed by atoms with van der Waals surface area (Å²) in [5, 5.41) is 14.0. The summed E-state index contributed by atoms with van der Waals surface area (Å²) in [6.45, 7) is 4.97. The van der Waals surface area contributed by atoms with Crippen molar-refractivity contribution in [2.24, 2.45) is 0 Å². The normalized spacial score (nSPS) is 17.2. The third-order valence-corrected chi connectivity index (χ3v) is 14.0. The molecule has 11 nitrogen and oxygen atoms in total. The largest absolute Gasteiger partial charge is 0.573 e. The maximum atomic E-state index is 13.6. The fourth-order valence-corrected chi connectivity index (χ4v) is 10.8. The lowest BCUT2D eigenvalue weighted by Crippen LogP contribution is -2.58. The number of piperazine rings is 1. The maximum Gasteiger partial charge on any atom is 0.573 e. The Kier molecular flexibility index (Phi) is 12.7. The highest BCUT2D eigenvalue weighted by Gasteiger charge is 2.38. The first-order chi connectivity index (χ1) is 25.2. The van der Waals surface area contributed by atoms with E-state index in [1.54, 1.807) is 41.8 Å². The number of alkyl halides is 3. The SMILES string of the molecule is COC(=O)Cc1csc2ccc(S(=O)(=O)Cl)cc12.C[C@@H]1CN(Cc2ccc(OC(F)(F)F)cc2)C[C@H](C)N1S(=O)(=O)c1ccc2scc(CC(=O)O)c2c1. The van der Waals surface area contributed by atoms with E-state index in [1.165, 1.54) is 58.4 Å². The molecule has 1 aliphatic rings. The molecule has 2 atom stereocenters. The predicted octanol–water partition coefficient (Wildman–Crippen LogP) is 7.25. The number of hydrogen-bond donors (Lipinski definition) is 1. The van der Waals surface area contributed by atoms with E-state index in [4.69, 9.17) is 15.8 Å². The van der Waals surface area contributed by atoms with Crippen molar-refractivity contribution in [3.05, 3.63) is 88.1 Å². The third-order valence-electron chi connectivity index (χ3n) is 8.49. The summed E-state index contributed by atoms with van der Waals surface area (Å²) in [6.07, 6.45) is -4.82. The minimum absolute atomic E-state index is 0.0289. The van der Waals surface area contributed by atoms with Crippen molar-refractivity contribution in [3.63, 3.8) is 0 Å². The number of carbonyl (C=O) groups excluding carboxylic acids is 1. The Balaban J connectivity index is 0.000000260. The molecule has 3 heterocycles. The summed E-state index contributed by atoms with van der Waals surface area (Å²) in [6, 6.07) is 14.3. The number of ether oxygens (including phenoxy) is 2. The van der Waals surface area contributed by atoms with Gasteiger partial charge in [0.2, 0.25) is 10.0 Å². The Morgan fingerprint density at radius 2 is 1.37 bits per heavy atom. The van der Waals surface area contributed by atoms with Gasteiger partial charge in [-0.1, -0.05) is 12.1 Å². The van der Waals surface area contributed by atoms with Gasteiger partial charge in [-0.15, -0.1) is 35.8 Å². The van der Waals surface area contributed by atoms with Crippen LogP contribution in [-0.4, -0.2) is 81.7 Å². The van der Waals surface area contributed by atoms with E-state index in [9.17, 15) is 39.6 Å². The average molecular weight is 847 g/mol. The van der Waals surface area contributed by atoms with Crippen LogP contribution in [-0.2, 0) is 52.8 Å². The van der Waals surface area contributed by atoms with Gasteiger partial charge in [-0.2, -0.15) is 4.31 Å². The molecule has 19 heteroatoms. The number of aliphatic carboxylic acids is 1. The first-order valence-corrected chi connectivity index (χ1v) is 21.6. The Morgan fingerprint density at radius 1 is 0.852 bits per heavy atom. The number of halogens is 4. The van der Waals surface area contributed by atoms with Crippen molar-refractivity contribution in [3.8, 4) is 5.75 Å². The molecule has 6 rings (SSSR count). The number of carboxylic acid groups (broad SMARTS) is 1. The van der Waals surface area contributed by atoms with Crippen LogP contribution in [0.15, 0.2) is 81.2 Å². The Bertz CT molecular complexity index is 2370. The molecule has 1 fully saturated rings. The summed E-state index contributed by atoms with van der Waals surface area (Å²) >= 11 is 2.81. The van der Waals surface area contributed by atoms with Crippen molar-refractivity contribution in [1.82, 2.24) is 9.21 Å². The minimum atomic E-state index is -4.75. The van der Waals surface area contributed by atoms with Gasteiger partial charge in [0, 0.05) is 51.8 Å². The van der Waals surface area contributed by atoms with E-state index >= 15 is 0 Å². The molecule has 0 unspecified atom stereocenters. The molecule has 54 heavy (non-hydrogen) atoms. The second-order valence-corrected chi connectivity index (χ2v) is 18.7. The number of carboxylic acids is 1. The zero-order chi connectivity index (χ0) is 39.6. The van der Waals surface area contributed by atoms with Crippen LogP contribution < -0.4 is 4.74 Å². The van der Waals surface area contributed by atoms with E-state index < -0.39 is 31.4 Å². The zero-order valence-corrected chi connectivity index (χ0v) is 32.9. The quantitative estimate of drug-likeness (QED) is 0.113. The fraction of sp³-hybridized carbons (Fsp3) is 0.314. The second-order valence-electron chi connectivity index (χ2n) is 12.5. The Morgan fingerprint density at radius 3 is 1.87 bits per heavy atom. The zero-order valence-electron chi connectivity index (χ0n) is 28.9. The first kappa shape index (κ1) is 41.4. The van der Waals surface area contributed by atoms with Gasteiger partial charge >= 0.3 is 18.3 Å². The number of esters is 1. The van der Waals surface area contributed by atoms with E-state index in [0.29, 0.717) is 36.0 Å². The number of thiophene rings is 2. The van der Waals surface area contributed by atoms with Crippen LogP contribution in [0.3, 0.4) is 0 Å². The molecule has 1 N–H and O–H groups in total. The van der Waals surface area contributed by atoms with Gasteiger partial charge < -0.3 is 14.6 Å². The van der Waals surface area contributed by atoms with Gasteiger partial charge in [0.05, 0.1) is 29.7 Å². The topological polar surface area (TPSA) is 148 Å². The molecule has 0 bridgehead atoms. The maximum absolute atomic E-state index is 13.6. The van der Waals surface area contributed by atoms with Crippen LogP contribution >= 0.6 is 33.4 Å². The third kappa shape index (κ3) is 10.1. The number of methoxy groups -OCH3 is 1. The second kappa shape index (κ2) is 16.5. The van der Waals surface area contributed by atoms with Crippen LogP contribution in [0.5, 0.6) is 5.75 Å². The molecule has 0 aliphatic carbocycles. The molecule has 0 radical (unpaired) electrons. The van der Waals surface area contributed by atoms with Crippen LogP contribution in [0.2, 0.25) is 0 Å². The van der Waals surface area contributed by atoms with Crippen molar-refractivity contribution in [1.29, 1.82) is 0 Å². The molecule has 1 saturated heterocycles. The standard InChI is InChI=1S/C24H25F3N2O5S2.C11H9ClO4S2/c1-15-11-28(13-17-3-5-19(6-4-17)34-24(25,26)27)12-16(2)29(15)36(32,33)20-7-8-22-21(10-20)18(14-35-22)9-23(30)31;1-16-11(13)4-7-6-17-10-3-2-8(5-9(7)10)18(12,14)15/h3-8,10,14-16H,9,11-13H2,1-2H3,(H,30,31);2-3,5-6H,4H2,1H3/t15-,16+;. The summed E-state index contributed by atoms with van der Waals surface area (Å²) in [7, 11) is -1.01. The van der Waals surface area contributed by atoms with Gasteiger partial charge in [0.25, 0.3) is 9.05 Å². The molecule has 2 aromatic heterocycles. The molecule has 3 aromatic carbocycles. The smallest absolute Gasteiger partial charge is 0.481 e. The number of nitrogens with zero attached hydrogens (tertiary/aromatic N) is 2. The number of benzene rings is 3. The van der Waals surface area contributed by atoms with Crippen molar-refractivity contribution in [2.75, 3.05) is 20.2 Å². The van der Waals surface area contributed by atoms with E-state index in [2.05, 4.69) is 14.4 Å². The van der Waals surface area contributed by atoms with Crippen LogP contribution in [0.25, 0.3) is 20.2 Å². The highest BCUT2D eigenvalue weighted by atomic mass is 35.7. The fourth-order valence-electron chi connectivity index (χ4n) is 6.29. The van der Waals surface area contributed by atoms with E-state index in [0.717, 1.165) is 20.5 Å². The van der Waals surface area contributed by atoms with Gasteiger partial charge in [0.1, 0.15) is 5.75 Å². The summed E-state index contributed by atoms with van der Waals surface area (Å²) in [5.41, 5.74) is 2.11. The van der Waals surface area contributed by atoms with Crippen molar-refractivity contribution < 1.29 is 54.2 Å². The Hall–Kier alpha value is -3.78. The Labute approximate surface area is 321 Å². The van der Waals surface area contributed by atoms with E-state index in [1.807, 2.05) is 19.2 Å². The lowest BCUT2D eigenvalue weighted by Gasteiger charge is -2.43. The molecule has 0 spiro atoms. The van der Waals surface area contributed by atoms with Gasteiger partial charge in [-0.3, -0.25) is 14.5 Å². The van der Waals surface area contributed by atoms with Crippen molar-refractivity contribution in [2.45, 2.75) is 61.5 Å². The average Bonchev–Trinajstić information content (AvgIpc) is 3.67. The van der Waals surface area contributed by atoms with Crippen LogP contribution in [0, 0.1) is 0 Å². The molecule has 290 valence electrons. The number of sulfonamides is 1. The molecule has 5 aromatic rings. The van der Waals surface area contributed by atoms with Crippen LogP contribution in [0.4, 0.5) is 13.2 Å². The highest BCUT2D eigenvalue weighted by molar-refractivity contribution is 8.13. The number of fused-ring (bicyclic) bond motifs is 2. The lowest BCUT2D eigenvalue weighted by atomic mass is 10.1. The number of rotatable bonds is 10. The molecular weight excluding hydrogens is 813 g/mol. The molecule has 1 aliphatic heterocycles. The van der Waals surface area contributed by atoms with Gasteiger partial charge in [-0.25, -0.2) is 16.8 Å². The monoisotopic (exact) mass is 846 g/mol. The first-order valence-electron chi connectivity index (χ1n) is 16.1. The number of hydrogen-bond acceptors (Lipinski definition) is 11. The molecule has 0 amide bonds. The number of carbonyl (C=O) groups is 2. The van der Waals surface area contributed by atoms with Gasteiger partial charge in [-0.05, 0) is 101 Å². The lowest BCUT2D eigenvalue weighted by molar-refractivity contribution is -0.274. The highest BCUT2D eigenvalue weighted by Crippen LogP contribution is 2.33. The van der Waals surface area contributed by atoms with Crippen molar-refractivity contribution >= 4 is 84.5 Å². The summed E-state index contributed by atoms with van der Waals surface area (Å²) in [4.78, 5) is 24.6. The summed E-state index contributed by atoms with van der Waals surface area (Å²) in [5.74, 6) is -1.64. The minimum Gasteiger partial charge on any atom is -0.481 e. The van der Waals surface area contributed by atoms with Crippen LogP contribution in [0.1, 0.15) is 30.5 Å². The molecular formula is C35H34ClF3N2O9S4. The van der Waals surface area contributed by atoms with E-state index in [-0.39, 0.29) is 46.4 Å². The molecule has 0 saturated carbocycles. The predicted molar refractivity (Wildman–Crippen MR) is 200 cm³/mol.